The van der Waals surface area contributed by atoms with Gasteiger partial charge in [0.15, 0.2) is 5.82 Å². The van der Waals surface area contributed by atoms with E-state index >= 15 is 0 Å². The average molecular weight is 239 g/mol. The van der Waals surface area contributed by atoms with Crippen LogP contribution < -0.4 is 21.5 Å². The van der Waals surface area contributed by atoms with Gasteiger partial charge in [-0.2, -0.15) is 5.10 Å². The summed E-state index contributed by atoms with van der Waals surface area (Å²) in [6.45, 7) is 0.927. The Kier molecular flexibility index (Phi) is 5.21. The molecule has 17 heavy (non-hydrogen) atoms. The van der Waals surface area contributed by atoms with Crippen LogP contribution in [0.4, 0.5) is 10.6 Å². The molecule has 0 spiro atoms. The number of nitrogens with zero attached hydrogens (tertiary/aromatic N) is 1. The third-order valence-corrected chi connectivity index (χ3v) is 1.79. The number of hydrogen-bond acceptors (Lipinski definition) is 4. The highest BCUT2D eigenvalue weighted by atomic mass is 16.2. The van der Waals surface area contributed by atoms with E-state index in [1.54, 1.807) is 0 Å². The van der Waals surface area contributed by atoms with Gasteiger partial charge in [-0.3, -0.25) is 14.9 Å². The number of carbonyl (C=O) groups is 2. The molecule has 0 saturated carbocycles. The Bertz CT molecular complexity index is 410. The fourth-order valence-electron chi connectivity index (χ4n) is 1.03. The normalized spacial score (nSPS) is 9.41. The summed E-state index contributed by atoms with van der Waals surface area (Å²) in [7, 11) is 0. The highest BCUT2D eigenvalue weighted by molar-refractivity contribution is 5.87. The van der Waals surface area contributed by atoms with E-state index in [1.807, 2.05) is 0 Å². The molecular formula is C9H13N5O3. The number of aromatic amines is 1. The number of aromatic nitrogens is 2. The highest BCUT2D eigenvalue weighted by Gasteiger charge is 2.01. The van der Waals surface area contributed by atoms with Crippen LogP contribution in [0.25, 0.3) is 0 Å². The van der Waals surface area contributed by atoms with Crippen LogP contribution in [-0.2, 0) is 4.79 Å². The van der Waals surface area contributed by atoms with Crippen LogP contribution in [0.1, 0.15) is 6.42 Å². The molecule has 0 atom stereocenters. The lowest BCUT2D eigenvalue weighted by Gasteiger charge is -2.05. The van der Waals surface area contributed by atoms with Gasteiger partial charge in [0.05, 0.1) is 0 Å². The number of hydrogen-bond donors (Lipinski definition) is 4. The second-order valence-corrected chi connectivity index (χ2v) is 3.11. The minimum atomic E-state index is -0.421. The molecule has 8 heteroatoms. The van der Waals surface area contributed by atoms with Crippen molar-refractivity contribution in [2.45, 2.75) is 6.42 Å². The van der Waals surface area contributed by atoms with Gasteiger partial charge in [-0.1, -0.05) is 0 Å². The van der Waals surface area contributed by atoms with Gasteiger partial charge >= 0.3 is 6.03 Å². The number of H-pyrrole nitrogens is 1. The molecule has 0 aliphatic rings. The topological polar surface area (TPSA) is 116 Å². The van der Waals surface area contributed by atoms with Crippen molar-refractivity contribution in [3.8, 4) is 0 Å². The van der Waals surface area contributed by atoms with Gasteiger partial charge in [0.25, 0.3) is 5.56 Å². The smallest absolute Gasteiger partial charge is 0.320 e. The zero-order chi connectivity index (χ0) is 12.5. The van der Waals surface area contributed by atoms with Crippen molar-refractivity contribution in [3.05, 3.63) is 22.5 Å². The first-order valence-corrected chi connectivity index (χ1v) is 5.00. The molecule has 8 nitrogen and oxygen atoms in total. The molecule has 0 radical (unpaired) electrons. The van der Waals surface area contributed by atoms with E-state index in [1.165, 1.54) is 12.1 Å². The molecule has 3 amide bonds. The summed E-state index contributed by atoms with van der Waals surface area (Å²) >= 11 is 0. The maximum atomic E-state index is 11.3. The Labute approximate surface area is 96.8 Å². The number of nitrogens with one attached hydrogen (secondary N) is 4. The van der Waals surface area contributed by atoms with E-state index in [9.17, 15) is 14.4 Å². The number of urea groups is 1. The molecule has 1 rings (SSSR count). The van der Waals surface area contributed by atoms with E-state index in [-0.39, 0.29) is 11.4 Å². The van der Waals surface area contributed by atoms with Crippen LogP contribution in [-0.4, -0.2) is 35.7 Å². The molecule has 1 aromatic heterocycles. The van der Waals surface area contributed by atoms with Crippen molar-refractivity contribution >= 4 is 18.3 Å². The number of carbonyl (C=O) groups excluding carboxylic acids is 2. The monoisotopic (exact) mass is 239 g/mol. The molecule has 0 aliphatic heterocycles. The van der Waals surface area contributed by atoms with E-state index in [4.69, 9.17) is 0 Å². The largest absolute Gasteiger partial charge is 0.359 e. The van der Waals surface area contributed by atoms with Gasteiger partial charge < -0.3 is 10.6 Å². The zero-order valence-electron chi connectivity index (χ0n) is 9.03. The first kappa shape index (κ1) is 12.7. The summed E-state index contributed by atoms with van der Waals surface area (Å²) in [5.41, 5.74) is -0.337. The molecule has 1 aromatic rings. The van der Waals surface area contributed by atoms with Crippen LogP contribution in [0.15, 0.2) is 16.9 Å². The molecule has 1 heterocycles. The summed E-state index contributed by atoms with van der Waals surface area (Å²) in [5.74, 6) is 0.258. The highest BCUT2D eigenvalue weighted by Crippen LogP contribution is 1.94. The van der Waals surface area contributed by atoms with Crippen molar-refractivity contribution in [1.29, 1.82) is 0 Å². The van der Waals surface area contributed by atoms with Gasteiger partial charge in [-0.05, 0) is 12.5 Å². The van der Waals surface area contributed by atoms with Gasteiger partial charge in [0.2, 0.25) is 6.41 Å². The summed E-state index contributed by atoms with van der Waals surface area (Å²) in [4.78, 5) is 31.9. The molecule has 0 bridgehead atoms. The second kappa shape index (κ2) is 6.99. The predicted molar refractivity (Wildman–Crippen MR) is 60.6 cm³/mol. The van der Waals surface area contributed by atoms with Crippen LogP contribution in [0.2, 0.25) is 0 Å². The number of anilines is 1. The van der Waals surface area contributed by atoms with Gasteiger partial charge in [0.1, 0.15) is 0 Å². The molecule has 0 saturated heterocycles. The molecular weight excluding hydrogens is 226 g/mol. The van der Waals surface area contributed by atoms with Gasteiger partial charge in [-0.15, -0.1) is 0 Å². The Morgan fingerprint density at radius 2 is 2.24 bits per heavy atom. The minimum absolute atomic E-state index is 0.258. The van der Waals surface area contributed by atoms with Crippen LogP contribution >= 0.6 is 0 Å². The fraction of sp³-hybridized carbons (Fsp3) is 0.333. The SMILES string of the molecule is O=CNCCCNC(=O)Nc1ccc(=O)[nH]n1. The predicted octanol–water partition coefficient (Wildman–Crippen LogP) is -0.973. The van der Waals surface area contributed by atoms with Crippen LogP contribution in [0.5, 0.6) is 0 Å². The summed E-state index contributed by atoms with van der Waals surface area (Å²) in [5, 5.41) is 13.3. The first-order valence-electron chi connectivity index (χ1n) is 5.00. The van der Waals surface area contributed by atoms with Crippen molar-refractivity contribution in [3.63, 3.8) is 0 Å². The Hall–Kier alpha value is -2.38. The summed E-state index contributed by atoms with van der Waals surface area (Å²) in [6, 6.07) is 2.24. The van der Waals surface area contributed by atoms with Crippen molar-refractivity contribution < 1.29 is 9.59 Å². The molecule has 0 fully saturated rings. The molecule has 0 aliphatic carbocycles. The Balaban J connectivity index is 2.23. The minimum Gasteiger partial charge on any atom is -0.359 e. The van der Waals surface area contributed by atoms with Crippen molar-refractivity contribution in [2.24, 2.45) is 0 Å². The molecule has 0 aromatic carbocycles. The number of amides is 3. The molecule has 0 unspecified atom stereocenters. The third kappa shape index (κ3) is 5.30. The molecule has 92 valence electrons. The lowest BCUT2D eigenvalue weighted by Crippen LogP contribution is -2.31. The molecule has 4 N–H and O–H groups in total. The number of rotatable bonds is 6. The van der Waals surface area contributed by atoms with E-state index < -0.39 is 6.03 Å². The second-order valence-electron chi connectivity index (χ2n) is 3.11. The van der Waals surface area contributed by atoms with E-state index in [0.717, 1.165) is 0 Å². The maximum absolute atomic E-state index is 11.3. The van der Waals surface area contributed by atoms with Crippen molar-refractivity contribution in [2.75, 3.05) is 18.4 Å². The Morgan fingerprint density at radius 1 is 1.41 bits per heavy atom. The van der Waals surface area contributed by atoms with Crippen LogP contribution in [0, 0.1) is 0 Å². The average Bonchev–Trinajstić information content (AvgIpc) is 2.32. The first-order chi connectivity index (χ1) is 8.22. The standard InChI is InChI=1S/C9H13N5O3/c15-6-10-4-1-5-11-9(17)12-7-2-3-8(16)14-13-7/h2-3,6H,1,4-5H2,(H,10,15)(H,14,16)(H2,11,12,13,17). The summed E-state index contributed by atoms with van der Waals surface area (Å²) in [6.07, 6.45) is 1.23. The van der Waals surface area contributed by atoms with Crippen LogP contribution in [0.3, 0.4) is 0 Å². The quantitative estimate of drug-likeness (QED) is 0.377. The van der Waals surface area contributed by atoms with Crippen molar-refractivity contribution in [1.82, 2.24) is 20.8 Å². The fourth-order valence-corrected chi connectivity index (χ4v) is 1.03. The lowest BCUT2D eigenvalue weighted by molar-refractivity contribution is -0.109. The Morgan fingerprint density at radius 3 is 2.88 bits per heavy atom. The summed E-state index contributed by atoms with van der Waals surface area (Å²) < 4.78 is 0. The van der Waals surface area contributed by atoms with E-state index in [0.29, 0.717) is 25.9 Å². The lowest BCUT2D eigenvalue weighted by atomic mass is 10.4. The third-order valence-electron chi connectivity index (χ3n) is 1.79. The maximum Gasteiger partial charge on any atom is 0.320 e. The van der Waals surface area contributed by atoms with E-state index in [2.05, 4.69) is 26.1 Å². The van der Waals surface area contributed by atoms with Gasteiger partial charge in [0, 0.05) is 19.2 Å². The zero-order valence-corrected chi connectivity index (χ0v) is 9.03. The van der Waals surface area contributed by atoms with Gasteiger partial charge in [-0.25, -0.2) is 9.89 Å².